The Morgan fingerprint density at radius 1 is 0.818 bits per heavy atom. The lowest BCUT2D eigenvalue weighted by Crippen LogP contribution is -2.21. The molecule has 0 fully saturated rings. The van der Waals surface area contributed by atoms with Gasteiger partial charge in [0.05, 0.1) is 0 Å². The van der Waals surface area contributed by atoms with Crippen molar-refractivity contribution in [3.63, 3.8) is 0 Å². The zero-order chi connectivity index (χ0) is 16.7. The monoisotopic (exact) mass is 338 g/mol. The minimum atomic E-state index is -4.44. The summed E-state index contributed by atoms with van der Waals surface area (Å²) in [6.45, 7) is 4.61. The zero-order valence-electron chi connectivity index (χ0n) is 14.3. The van der Waals surface area contributed by atoms with Crippen molar-refractivity contribution in [3.8, 4) is 0 Å². The summed E-state index contributed by atoms with van der Waals surface area (Å²) in [4.78, 5) is 0. The first-order valence-electron chi connectivity index (χ1n) is 8.77. The Morgan fingerprint density at radius 2 is 1.32 bits per heavy atom. The topological polar surface area (TPSA) is 72.8 Å². The van der Waals surface area contributed by atoms with Crippen molar-refractivity contribution in [3.05, 3.63) is 0 Å². The van der Waals surface area contributed by atoms with E-state index in [-0.39, 0.29) is 0 Å². The van der Waals surface area contributed by atoms with Crippen molar-refractivity contribution < 1.29 is 21.9 Å². The van der Waals surface area contributed by atoms with Gasteiger partial charge < -0.3 is 4.74 Å². The molecular weight excluding hydrogens is 304 g/mol. The molecule has 1 N–H and O–H groups in total. The summed E-state index contributed by atoms with van der Waals surface area (Å²) in [5.74, 6) is 0. The largest absolute Gasteiger partial charge is 0.399 e. The molecule has 1 atom stereocenters. The van der Waals surface area contributed by atoms with Crippen molar-refractivity contribution in [2.24, 2.45) is 0 Å². The van der Waals surface area contributed by atoms with E-state index in [1.54, 1.807) is 0 Å². The van der Waals surface area contributed by atoms with Crippen molar-refractivity contribution in [2.75, 3.05) is 6.61 Å². The van der Waals surface area contributed by atoms with Crippen LogP contribution in [-0.2, 0) is 19.3 Å². The van der Waals surface area contributed by atoms with Crippen LogP contribution in [0.15, 0.2) is 0 Å². The molecule has 0 aromatic rings. The van der Waals surface area contributed by atoms with Crippen molar-refractivity contribution in [1.82, 2.24) is 0 Å². The summed E-state index contributed by atoms with van der Waals surface area (Å²) in [6, 6.07) is 0. The highest BCUT2D eigenvalue weighted by atomic mass is 32.3. The molecule has 22 heavy (non-hydrogen) atoms. The first-order valence-corrected chi connectivity index (χ1v) is 10.1. The molecule has 0 spiro atoms. The van der Waals surface area contributed by atoms with E-state index in [9.17, 15) is 8.42 Å². The van der Waals surface area contributed by atoms with Gasteiger partial charge in [0.1, 0.15) is 0 Å². The van der Waals surface area contributed by atoms with Crippen LogP contribution >= 0.6 is 0 Å². The lowest BCUT2D eigenvalue weighted by molar-refractivity contribution is -0.0867. The molecule has 0 aromatic heterocycles. The third kappa shape index (κ3) is 16.2. The van der Waals surface area contributed by atoms with Gasteiger partial charge in [-0.3, -0.25) is 4.55 Å². The summed E-state index contributed by atoms with van der Waals surface area (Å²) >= 11 is 0. The van der Waals surface area contributed by atoms with Crippen LogP contribution in [0.5, 0.6) is 0 Å². The molecule has 0 saturated heterocycles. The Hall–Kier alpha value is -0.170. The number of hydrogen-bond acceptors (Lipinski definition) is 4. The maximum absolute atomic E-state index is 10.7. The fraction of sp³-hybridized carbons (Fsp3) is 1.00. The minimum absolute atomic E-state index is 0.456. The molecular formula is C16H34O5S. The van der Waals surface area contributed by atoms with Crippen molar-refractivity contribution in [1.29, 1.82) is 0 Å². The molecule has 0 heterocycles. The Kier molecular flexibility index (Phi) is 14.3. The van der Waals surface area contributed by atoms with Crippen LogP contribution in [0.2, 0.25) is 0 Å². The van der Waals surface area contributed by atoms with Crippen LogP contribution in [0, 0.1) is 0 Å². The van der Waals surface area contributed by atoms with Crippen molar-refractivity contribution >= 4 is 10.4 Å². The summed E-state index contributed by atoms with van der Waals surface area (Å²) in [5, 5.41) is 0. The standard InChI is InChI=1S/C16H34O5S/c1-3-5-6-7-8-9-10-11-12-13-15-20-16(14-4-2)21-22(17,18)19/h16H,3-15H2,1-2H3,(H,17,18,19). The minimum Gasteiger partial charge on any atom is -0.351 e. The van der Waals surface area contributed by atoms with E-state index in [0.717, 1.165) is 19.3 Å². The second kappa shape index (κ2) is 14.4. The maximum Gasteiger partial charge on any atom is 0.399 e. The van der Waals surface area contributed by atoms with Crippen LogP contribution in [0.3, 0.4) is 0 Å². The van der Waals surface area contributed by atoms with E-state index in [0.29, 0.717) is 13.0 Å². The Morgan fingerprint density at radius 3 is 1.77 bits per heavy atom. The molecule has 1 unspecified atom stereocenters. The third-order valence-corrected chi connectivity index (χ3v) is 4.01. The summed E-state index contributed by atoms with van der Waals surface area (Å²) in [5.41, 5.74) is 0. The van der Waals surface area contributed by atoms with E-state index in [1.165, 1.54) is 51.4 Å². The lowest BCUT2D eigenvalue weighted by Gasteiger charge is -2.15. The molecule has 0 rings (SSSR count). The molecule has 134 valence electrons. The molecule has 0 radical (unpaired) electrons. The highest BCUT2D eigenvalue weighted by molar-refractivity contribution is 7.80. The Balaban J connectivity index is 3.46. The van der Waals surface area contributed by atoms with Crippen LogP contribution < -0.4 is 0 Å². The zero-order valence-corrected chi connectivity index (χ0v) is 15.1. The SMILES string of the molecule is CCCCCCCCCCCCOC(CCC)OS(=O)(=O)O. The summed E-state index contributed by atoms with van der Waals surface area (Å²) in [6.07, 6.45) is 12.7. The first-order chi connectivity index (χ1) is 10.5. The van der Waals surface area contributed by atoms with Crippen LogP contribution in [0.4, 0.5) is 0 Å². The van der Waals surface area contributed by atoms with Gasteiger partial charge >= 0.3 is 10.4 Å². The van der Waals surface area contributed by atoms with Gasteiger partial charge in [-0.2, -0.15) is 8.42 Å². The second-order valence-electron chi connectivity index (χ2n) is 5.79. The van der Waals surface area contributed by atoms with Gasteiger partial charge in [0.25, 0.3) is 0 Å². The third-order valence-electron chi connectivity index (χ3n) is 3.55. The molecule has 0 aromatic carbocycles. The van der Waals surface area contributed by atoms with E-state index in [1.807, 2.05) is 6.92 Å². The van der Waals surface area contributed by atoms with Gasteiger partial charge in [-0.05, 0) is 12.8 Å². The lowest BCUT2D eigenvalue weighted by atomic mass is 10.1. The molecule has 0 amide bonds. The predicted octanol–water partition coefficient (Wildman–Crippen LogP) is 4.87. The predicted molar refractivity (Wildman–Crippen MR) is 89.1 cm³/mol. The Labute approximate surface area is 136 Å². The normalized spacial score (nSPS) is 13.4. The fourth-order valence-electron chi connectivity index (χ4n) is 2.33. The highest BCUT2D eigenvalue weighted by Gasteiger charge is 2.16. The molecule has 5 nitrogen and oxygen atoms in total. The van der Waals surface area contributed by atoms with E-state index in [2.05, 4.69) is 11.1 Å². The summed E-state index contributed by atoms with van der Waals surface area (Å²) in [7, 11) is -4.44. The van der Waals surface area contributed by atoms with Gasteiger partial charge in [0.2, 0.25) is 0 Å². The highest BCUT2D eigenvalue weighted by Crippen LogP contribution is 2.12. The van der Waals surface area contributed by atoms with Crippen LogP contribution in [0.1, 0.15) is 90.9 Å². The average Bonchev–Trinajstić information content (AvgIpc) is 2.43. The Bertz CT molecular complexity index is 329. The van der Waals surface area contributed by atoms with E-state index >= 15 is 0 Å². The van der Waals surface area contributed by atoms with Crippen LogP contribution in [0.25, 0.3) is 0 Å². The summed E-state index contributed by atoms with van der Waals surface area (Å²) < 4.78 is 39.8. The number of unbranched alkanes of at least 4 members (excludes halogenated alkanes) is 9. The van der Waals surface area contributed by atoms with Gasteiger partial charge in [0.15, 0.2) is 6.29 Å². The molecule has 0 aliphatic rings. The van der Waals surface area contributed by atoms with Gasteiger partial charge in [-0.15, -0.1) is 0 Å². The molecule has 0 aliphatic carbocycles. The number of ether oxygens (including phenoxy) is 1. The van der Waals surface area contributed by atoms with Crippen molar-refractivity contribution in [2.45, 2.75) is 97.2 Å². The second-order valence-corrected chi connectivity index (χ2v) is 6.84. The number of rotatable bonds is 16. The van der Waals surface area contributed by atoms with E-state index in [4.69, 9.17) is 9.29 Å². The van der Waals surface area contributed by atoms with Gasteiger partial charge in [-0.1, -0.05) is 78.1 Å². The molecule has 0 saturated carbocycles. The maximum atomic E-state index is 10.7. The first kappa shape index (κ1) is 21.8. The molecule has 0 bridgehead atoms. The van der Waals surface area contributed by atoms with Crippen LogP contribution in [-0.4, -0.2) is 25.9 Å². The average molecular weight is 339 g/mol. The van der Waals surface area contributed by atoms with E-state index < -0.39 is 16.7 Å². The fourth-order valence-corrected chi connectivity index (χ4v) is 2.76. The quantitative estimate of drug-likeness (QED) is 0.247. The number of hydrogen-bond donors (Lipinski definition) is 1. The van der Waals surface area contributed by atoms with Gasteiger partial charge in [-0.25, -0.2) is 4.18 Å². The smallest absolute Gasteiger partial charge is 0.351 e. The molecule has 0 aliphatic heterocycles. The van der Waals surface area contributed by atoms with Gasteiger partial charge in [0, 0.05) is 6.61 Å². The molecule has 6 heteroatoms.